The smallest absolute Gasteiger partial charge is 0.165 e. The first-order valence-electron chi connectivity index (χ1n) is 5.99. The van der Waals surface area contributed by atoms with Crippen molar-refractivity contribution >= 4 is 15.9 Å². The Balaban J connectivity index is 2.57. The first kappa shape index (κ1) is 14.5. The predicted molar refractivity (Wildman–Crippen MR) is 72.0 cm³/mol. The van der Waals surface area contributed by atoms with Gasteiger partial charge in [-0.15, -0.1) is 0 Å². The number of rotatable bonds is 7. The molecule has 0 saturated heterocycles. The summed E-state index contributed by atoms with van der Waals surface area (Å²) in [5.74, 6) is -0.00772. The average molecular weight is 304 g/mol. The highest BCUT2D eigenvalue weighted by atomic mass is 79.9. The zero-order valence-electron chi connectivity index (χ0n) is 10.3. The topological polar surface area (TPSA) is 21.3 Å². The molecule has 0 aromatic heterocycles. The van der Waals surface area contributed by atoms with E-state index in [2.05, 4.69) is 28.2 Å². The standard InChI is InChI=1S/C13H19BrFNO/c1-3-7-16-9-11(4-2)17-13-8-10(14)5-6-12(13)15/h5-6,8,11,16H,3-4,7,9H2,1-2H3. The molecule has 1 N–H and O–H groups in total. The summed E-state index contributed by atoms with van der Waals surface area (Å²) in [6, 6.07) is 4.74. The van der Waals surface area contributed by atoms with E-state index in [9.17, 15) is 4.39 Å². The Kier molecular flexibility index (Phi) is 6.52. The Hall–Kier alpha value is -0.610. The molecule has 0 bridgehead atoms. The van der Waals surface area contributed by atoms with Gasteiger partial charge in [0.15, 0.2) is 11.6 Å². The van der Waals surface area contributed by atoms with Crippen LogP contribution in [-0.2, 0) is 0 Å². The molecule has 0 aliphatic heterocycles. The van der Waals surface area contributed by atoms with Gasteiger partial charge in [-0.05, 0) is 37.6 Å². The summed E-state index contributed by atoms with van der Waals surface area (Å²) >= 11 is 3.31. The van der Waals surface area contributed by atoms with Crippen molar-refractivity contribution < 1.29 is 9.13 Å². The van der Waals surface area contributed by atoms with Crippen molar-refractivity contribution in [2.75, 3.05) is 13.1 Å². The van der Waals surface area contributed by atoms with E-state index in [1.54, 1.807) is 12.1 Å². The molecule has 0 saturated carbocycles. The first-order valence-corrected chi connectivity index (χ1v) is 6.79. The summed E-state index contributed by atoms with van der Waals surface area (Å²) in [6.45, 7) is 5.86. The van der Waals surface area contributed by atoms with Gasteiger partial charge < -0.3 is 10.1 Å². The molecule has 1 aromatic rings. The van der Waals surface area contributed by atoms with Crippen LogP contribution < -0.4 is 10.1 Å². The highest BCUT2D eigenvalue weighted by Gasteiger charge is 2.11. The van der Waals surface area contributed by atoms with Crippen LogP contribution in [0.3, 0.4) is 0 Å². The average Bonchev–Trinajstić information content (AvgIpc) is 2.32. The molecule has 1 unspecified atom stereocenters. The van der Waals surface area contributed by atoms with Gasteiger partial charge in [0.2, 0.25) is 0 Å². The predicted octanol–water partition coefficient (Wildman–Crippen LogP) is 3.75. The Morgan fingerprint density at radius 3 is 2.82 bits per heavy atom. The molecule has 1 rings (SSSR count). The van der Waals surface area contributed by atoms with E-state index >= 15 is 0 Å². The molecule has 0 heterocycles. The highest BCUT2D eigenvalue weighted by Crippen LogP contribution is 2.23. The van der Waals surface area contributed by atoms with E-state index in [0.717, 1.165) is 30.4 Å². The third-order valence-corrected chi connectivity index (χ3v) is 2.93. The molecule has 96 valence electrons. The van der Waals surface area contributed by atoms with Crippen molar-refractivity contribution in [1.82, 2.24) is 5.32 Å². The minimum absolute atomic E-state index is 0.00495. The zero-order valence-corrected chi connectivity index (χ0v) is 11.9. The molecule has 0 aliphatic carbocycles. The molecule has 0 amide bonds. The molecule has 2 nitrogen and oxygen atoms in total. The van der Waals surface area contributed by atoms with Gasteiger partial charge in [-0.1, -0.05) is 29.8 Å². The van der Waals surface area contributed by atoms with Gasteiger partial charge in [0.05, 0.1) is 0 Å². The number of hydrogen-bond acceptors (Lipinski definition) is 2. The van der Waals surface area contributed by atoms with Gasteiger partial charge in [-0.25, -0.2) is 4.39 Å². The normalized spacial score (nSPS) is 12.5. The molecule has 1 atom stereocenters. The van der Waals surface area contributed by atoms with Crippen molar-refractivity contribution in [3.05, 3.63) is 28.5 Å². The summed E-state index contributed by atoms with van der Waals surface area (Å²) in [5, 5.41) is 3.28. The second kappa shape index (κ2) is 7.67. The van der Waals surface area contributed by atoms with Gasteiger partial charge >= 0.3 is 0 Å². The highest BCUT2D eigenvalue weighted by molar-refractivity contribution is 9.10. The van der Waals surface area contributed by atoms with E-state index in [4.69, 9.17) is 4.74 Å². The fourth-order valence-corrected chi connectivity index (χ4v) is 1.80. The van der Waals surface area contributed by atoms with Crippen LogP contribution >= 0.6 is 15.9 Å². The van der Waals surface area contributed by atoms with E-state index in [-0.39, 0.29) is 11.9 Å². The summed E-state index contributed by atoms with van der Waals surface area (Å²) < 4.78 is 20.0. The molecular weight excluding hydrogens is 285 g/mol. The minimum Gasteiger partial charge on any atom is -0.486 e. The fraction of sp³-hybridized carbons (Fsp3) is 0.538. The lowest BCUT2D eigenvalue weighted by Crippen LogP contribution is -2.31. The third-order valence-electron chi connectivity index (χ3n) is 2.44. The minimum atomic E-state index is -0.317. The third kappa shape index (κ3) is 5.04. The van der Waals surface area contributed by atoms with E-state index in [1.807, 2.05) is 6.92 Å². The lowest BCUT2D eigenvalue weighted by atomic mass is 10.2. The molecular formula is C13H19BrFNO. The Bertz CT molecular complexity index is 346. The van der Waals surface area contributed by atoms with E-state index in [0.29, 0.717) is 5.75 Å². The van der Waals surface area contributed by atoms with Crippen molar-refractivity contribution in [2.45, 2.75) is 32.8 Å². The maximum Gasteiger partial charge on any atom is 0.165 e. The molecule has 0 fully saturated rings. The Labute approximate surface area is 111 Å². The zero-order chi connectivity index (χ0) is 12.7. The Morgan fingerprint density at radius 2 is 2.18 bits per heavy atom. The largest absolute Gasteiger partial charge is 0.486 e. The summed E-state index contributed by atoms with van der Waals surface area (Å²) in [5.41, 5.74) is 0. The van der Waals surface area contributed by atoms with Crippen molar-refractivity contribution in [3.63, 3.8) is 0 Å². The van der Waals surface area contributed by atoms with Gasteiger partial charge in [0, 0.05) is 11.0 Å². The quantitative estimate of drug-likeness (QED) is 0.775. The summed E-state index contributed by atoms with van der Waals surface area (Å²) in [4.78, 5) is 0. The second-order valence-corrected chi connectivity index (χ2v) is 4.84. The van der Waals surface area contributed by atoms with Crippen LogP contribution in [0.2, 0.25) is 0 Å². The van der Waals surface area contributed by atoms with Crippen molar-refractivity contribution in [2.24, 2.45) is 0 Å². The number of halogens is 2. The summed E-state index contributed by atoms with van der Waals surface area (Å²) in [6.07, 6.45) is 1.94. The van der Waals surface area contributed by atoms with Crippen LogP contribution in [0.25, 0.3) is 0 Å². The monoisotopic (exact) mass is 303 g/mol. The number of nitrogens with one attached hydrogen (secondary N) is 1. The van der Waals surface area contributed by atoms with Gasteiger partial charge in [-0.3, -0.25) is 0 Å². The molecule has 0 radical (unpaired) electrons. The molecule has 4 heteroatoms. The lowest BCUT2D eigenvalue weighted by Gasteiger charge is -2.18. The SMILES string of the molecule is CCCNCC(CC)Oc1cc(Br)ccc1F. The van der Waals surface area contributed by atoms with E-state index < -0.39 is 0 Å². The maximum atomic E-state index is 13.5. The second-order valence-electron chi connectivity index (χ2n) is 3.93. The van der Waals surface area contributed by atoms with Crippen LogP contribution in [0.5, 0.6) is 5.75 Å². The summed E-state index contributed by atoms with van der Waals surface area (Å²) in [7, 11) is 0. The first-order chi connectivity index (χ1) is 8.17. The molecule has 17 heavy (non-hydrogen) atoms. The van der Waals surface area contributed by atoms with Crippen molar-refractivity contribution in [1.29, 1.82) is 0 Å². The van der Waals surface area contributed by atoms with Gasteiger partial charge in [0.25, 0.3) is 0 Å². The van der Waals surface area contributed by atoms with Crippen LogP contribution in [0.15, 0.2) is 22.7 Å². The molecule has 0 spiro atoms. The number of ether oxygens (including phenoxy) is 1. The van der Waals surface area contributed by atoms with Crippen LogP contribution in [0.4, 0.5) is 4.39 Å². The number of benzene rings is 1. The molecule has 1 aromatic carbocycles. The van der Waals surface area contributed by atoms with Crippen LogP contribution in [-0.4, -0.2) is 19.2 Å². The maximum absolute atomic E-state index is 13.5. The number of hydrogen-bond donors (Lipinski definition) is 1. The fourth-order valence-electron chi connectivity index (χ4n) is 1.46. The van der Waals surface area contributed by atoms with Gasteiger partial charge in [-0.2, -0.15) is 0 Å². The van der Waals surface area contributed by atoms with Crippen LogP contribution in [0, 0.1) is 5.82 Å². The molecule has 0 aliphatic rings. The van der Waals surface area contributed by atoms with Gasteiger partial charge in [0.1, 0.15) is 6.10 Å². The van der Waals surface area contributed by atoms with E-state index in [1.165, 1.54) is 6.07 Å². The Morgan fingerprint density at radius 1 is 1.41 bits per heavy atom. The van der Waals surface area contributed by atoms with Crippen LogP contribution in [0.1, 0.15) is 26.7 Å². The lowest BCUT2D eigenvalue weighted by molar-refractivity contribution is 0.185. The van der Waals surface area contributed by atoms with Crippen molar-refractivity contribution in [3.8, 4) is 5.75 Å².